The zero-order valence-corrected chi connectivity index (χ0v) is 13.6. The maximum absolute atomic E-state index is 11.1. The van der Waals surface area contributed by atoms with E-state index < -0.39 is 4.92 Å². The van der Waals surface area contributed by atoms with Gasteiger partial charge in [0.25, 0.3) is 5.69 Å². The number of nitrogens with zero attached hydrogens (tertiary/aromatic N) is 3. The van der Waals surface area contributed by atoms with E-state index in [-0.39, 0.29) is 11.4 Å². The second-order valence-corrected chi connectivity index (χ2v) is 6.18. The van der Waals surface area contributed by atoms with Crippen molar-refractivity contribution in [1.82, 2.24) is 0 Å². The largest absolute Gasteiger partial charge is 0.393 e. The van der Waals surface area contributed by atoms with Crippen molar-refractivity contribution in [3.8, 4) is 0 Å². The van der Waals surface area contributed by atoms with Gasteiger partial charge in [-0.15, -0.1) is 0 Å². The first-order valence-electron chi connectivity index (χ1n) is 8.19. The number of benzene rings is 2. The molecule has 0 amide bonds. The average molecular weight is 338 g/mol. The van der Waals surface area contributed by atoms with Gasteiger partial charge in [0.05, 0.1) is 29.5 Å². The first-order valence-corrected chi connectivity index (χ1v) is 8.19. The molecule has 2 aromatic carbocycles. The number of aliphatic imine (C=N–C) groups is 1. The second kappa shape index (κ2) is 6.18. The lowest BCUT2D eigenvalue weighted by Crippen LogP contribution is -2.36. The van der Waals surface area contributed by atoms with E-state index in [1.165, 1.54) is 11.8 Å². The van der Waals surface area contributed by atoms with Crippen molar-refractivity contribution in [3.05, 3.63) is 57.6 Å². The molecule has 25 heavy (non-hydrogen) atoms. The second-order valence-electron chi connectivity index (χ2n) is 6.18. The van der Waals surface area contributed by atoms with Crippen molar-refractivity contribution >= 4 is 28.5 Å². The Morgan fingerprint density at radius 2 is 1.96 bits per heavy atom. The van der Waals surface area contributed by atoms with Crippen molar-refractivity contribution < 1.29 is 9.66 Å². The molecule has 0 atom stereocenters. The molecule has 2 aromatic rings. The van der Waals surface area contributed by atoms with Gasteiger partial charge in [0.1, 0.15) is 5.69 Å². The summed E-state index contributed by atoms with van der Waals surface area (Å²) in [4.78, 5) is 17.6. The zero-order chi connectivity index (χ0) is 17.4. The summed E-state index contributed by atoms with van der Waals surface area (Å²) in [5, 5.41) is 11.1. The fraction of sp³-hybridized carbons (Fsp3) is 0.278. The van der Waals surface area contributed by atoms with E-state index in [0.717, 1.165) is 48.8 Å². The predicted molar refractivity (Wildman–Crippen MR) is 96.9 cm³/mol. The quantitative estimate of drug-likeness (QED) is 0.527. The SMILES string of the molecule is Nc1ccc(C2=Nc3ccc(N4CCOCC4)cc3C2)cc1[N+](=O)[O-]. The minimum absolute atomic E-state index is 0.0786. The maximum Gasteiger partial charge on any atom is 0.292 e. The third-order valence-corrected chi connectivity index (χ3v) is 4.61. The molecule has 7 nitrogen and oxygen atoms in total. The maximum atomic E-state index is 11.1. The fourth-order valence-electron chi connectivity index (χ4n) is 3.25. The first-order chi connectivity index (χ1) is 12.1. The number of nitrogen functional groups attached to an aromatic ring is 1. The minimum atomic E-state index is -0.460. The average Bonchev–Trinajstić information content (AvgIpc) is 3.05. The van der Waals surface area contributed by atoms with E-state index in [9.17, 15) is 10.1 Å². The Bertz CT molecular complexity index is 873. The highest BCUT2D eigenvalue weighted by Gasteiger charge is 2.21. The van der Waals surface area contributed by atoms with Crippen molar-refractivity contribution in [2.45, 2.75) is 6.42 Å². The molecule has 2 aliphatic rings. The number of anilines is 2. The van der Waals surface area contributed by atoms with Gasteiger partial charge < -0.3 is 15.4 Å². The number of nitrogens with two attached hydrogens (primary N) is 1. The molecule has 2 N–H and O–H groups in total. The molecule has 0 bridgehead atoms. The molecule has 128 valence electrons. The van der Waals surface area contributed by atoms with Gasteiger partial charge in [-0.2, -0.15) is 0 Å². The number of rotatable bonds is 3. The van der Waals surface area contributed by atoms with Crippen molar-refractivity contribution in [2.24, 2.45) is 4.99 Å². The van der Waals surface area contributed by atoms with Crippen LogP contribution in [-0.2, 0) is 11.2 Å². The van der Waals surface area contributed by atoms with Crippen LogP contribution in [0.3, 0.4) is 0 Å². The lowest BCUT2D eigenvalue weighted by Gasteiger charge is -2.29. The highest BCUT2D eigenvalue weighted by molar-refractivity contribution is 6.07. The van der Waals surface area contributed by atoms with Crippen LogP contribution in [0.2, 0.25) is 0 Å². The van der Waals surface area contributed by atoms with Gasteiger partial charge in [-0.05, 0) is 29.8 Å². The topological polar surface area (TPSA) is 94.0 Å². The van der Waals surface area contributed by atoms with Gasteiger partial charge in [0.15, 0.2) is 0 Å². The lowest BCUT2D eigenvalue weighted by atomic mass is 10.0. The monoisotopic (exact) mass is 338 g/mol. The Morgan fingerprint density at radius 3 is 2.72 bits per heavy atom. The Labute approximate surface area is 144 Å². The highest BCUT2D eigenvalue weighted by Crippen LogP contribution is 2.34. The molecule has 0 saturated carbocycles. The van der Waals surface area contributed by atoms with E-state index in [1.807, 2.05) is 6.07 Å². The van der Waals surface area contributed by atoms with E-state index >= 15 is 0 Å². The minimum Gasteiger partial charge on any atom is -0.393 e. The first kappa shape index (κ1) is 15.6. The fourth-order valence-corrected chi connectivity index (χ4v) is 3.25. The van der Waals surface area contributed by atoms with Gasteiger partial charge in [-0.3, -0.25) is 15.1 Å². The number of morpholine rings is 1. The van der Waals surface area contributed by atoms with Crippen LogP contribution in [-0.4, -0.2) is 36.9 Å². The van der Waals surface area contributed by atoms with E-state index in [4.69, 9.17) is 10.5 Å². The Hall–Kier alpha value is -2.93. The van der Waals surface area contributed by atoms with E-state index in [2.05, 4.69) is 22.0 Å². The van der Waals surface area contributed by atoms with Gasteiger partial charge in [-0.25, -0.2) is 0 Å². The van der Waals surface area contributed by atoms with E-state index in [0.29, 0.717) is 6.42 Å². The smallest absolute Gasteiger partial charge is 0.292 e. The number of ether oxygens (including phenoxy) is 1. The van der Waals surface area contributed by atoms with Crippen LogP contribution in [0, 0.1) is 10.1 Å². The molecule has 4 rings (SSSR count). The summed E-state index contributed by atoms with van der Waals surface area (Å²) in [6.45, 7) is 3.26. The summed E-state index contributed by atoms with van der Waals surface area (Å²) >= 11 is 0. The number of hydrogen-bond donors (Lipinski definition) is 1. The summed E-state index contributed by atoms with van der Waals surface area (Å²) in [7, 11) is 0. The number of hydrogen-bond acceptors (Lipinski definition) is 6. The van der Waals surface area contributed by atoms with Crippen LogP contribution >= 0.6 is 0 Å². The van der Waals surface area contributed by atoms with Crippen molar-refractivity contribution in [3.63, 3.8) is 0 Å². The standard InChI is InChI=1S/C18H18N4O3/c19-15-3-1-12(11-18(15)22(23)24)17-10-13-9-14(2-4-16(13)20-17)21-5-7-25-8-6-21/h1-4,9,11H,5-8,10,19H2. The van der Waals surface area contributed by atoms with Crippen LogP contribution in [0.5, 0.6) is 0 Å². The van der Waals surface area contributed by atoms with Crippen LogP contribution < -0.4 is 10.6 Å². The summed E-state index contributed by atoms with van der Waals surface area (Å²) in [6.07, 6.45) is 0.661. The third-order valence-electron chi connectivity index (χ3n) is 4.61. The molecule has 0 spiro atoms. The number of nitro benzene ring substituents is 1. The lowest BCUT2D eigenvalue weighted by molar-refractivity contribution is -0.383. The molecule has 7 heteroatoms. The third kappa shape index (κ3) is 2.94. The van der Waals surface area contributed by atoms with Crippen LogP contribution in [0.4, 0.5) is 22.7 Å². The molecule has 2 heterocycles. The summed E-state index contributed by atoms with van der Waals surface area (Å²) in [5.41, 5.74) is 10.6. The molecule has 0 aliphatic carbocycles. The summed E-state index contributed by atoms with van der Waals surface area (Å²) < 4.78 is 5.40. The Balaban J connectivity index is 1.60. The molecule has 0 aromatic heterocycles. The van der Waals surface area contributed by atoms with Gasteiger partial charge in [0.2, 0.25) is 0 Å². The number of fused-ring (bicyclic) bond motifs is 1. The van der Waals surface area contributed by atoms with E-state index in [1.54, 1.807) is 12.1 Å². The van der Waals surface area contributed by atoms with Crippen molar-refractivity contribution in [1.29, 1.82) is 0 Å². The zero-order valence-electron chi connectivity index (χ0n) is 13.6. The van der Waals surface area contributed by atoms with Crippen LogP contribution in [0.15, 0.2) is 41.4 Å². The highest BCUT2D eigenvalue weighted by atomic mass is 16.6. The Morgan fingerprint density at radius 1 is 1.16 bits per heavy atom. The molecule has 2 aliphatic heterocycles. The summed E-state index contributed by atoms with van der Waals surface area (Å²) in [5.74, 6) is 0. The Kier molecular flexibility index (Phi) is 3.85. The molecular weight excluding hydrogens is 320 g/mol. The van der Waals surface area contributed by atoms with Gasteiger partial charge in [-0.1, -0.05) is 6.07 Å². The normalized spacial score (nSPS) is 16.5. The van der Waals surface area contributed by atoms with Gasteiger partial charge >= 0.3 is 0 Å². The van der Waals surface area contributed by atoms with Crippen molar-refractivity contribution in [2.75, 3.05) is 36.9 Å². The summed E-state index contributed by atoms with van der Waals surface area (Å²) in [6, 6.07) is 11.1. The molecule has 1 fully saturated rings. The number of nitro groups is 1. The van der Waals surface area contributed by atoms with Crippen LogP contribution in [0.1, 0.15) is 11.1 Å². The van der Waals surface area contributed by atoms with Crippen LogP contribution in [0.25, 0.3) is 0 Å². The predicted octanol–water partition coefficient (Wildman–Crippen LogP) is 2.69. The molecule has 1 saturated heterocycles. The molecule has 0 unspecified atom stereocenters. The molecule has 0 radical (unpaired) electrons. The van der Waals surface area contributed by atoms with Gasteiger partial charge in [0, 0.05) is 36.8 Å². The molecular formula is C18H18N4O3.